The fourth-order valence-electron chi connectivity index (χ4n) is 2.16. The van der Waals surface area contributed by atoms with Crippen LogP contribution in [0, 0.1) is 0 Å². The number of carbonyl (C=O) groups is 2. The van der Waals surface area contributed by atoms with Crippen LogP contribution in [0.4, 0.5) is 0 Å². The first kappa shape index (κ1) is 8.53. The van der Waals surface area contributed by atoms with E-state index in [0.29, 0.717) is 12.8 Å². The number of hydrogen-bond donors (Lipinski definition) is 1. The standard InChI is InChI=1S/C9H13NO3/c1-6-5-9(8(12)13-6)4-2-3-7(11)10-9/h6H,2-5H2,1H3,(H,10,11)/t6-,9+/m1/s1. The SMILES string of the molecule is C[C@@H]1C[C@@]2(CCCC(=O)N2)C(=O)O1. The van der Waals surface area contributed by atoms with Gasteiger partial charge in [-0.25, -0.2) is 4.79 Å². The van der Waals surface area contributed by atoms with Gasteiger partial charge < -0.3 is 10.1 Å². The molecule has 2 rings (SSSR count). The third kappa shape index (κ3) is 1.30. The van der Waals surface area contributed by atoms with Crippen molar-refractivity contribution in [1.29, 1.82) is 0 Å². The molecule has 2 fully saturated rings. The van der Waals surface area contributed by atoms with Gasteiger partial charge in [0, 0.05) is 12.8 Å². The van der Waals surface area contributed by atoms with Gasteiger partial charge >= 0.3 is 5.97 Å². The largest absolute Gasteiger partial charge is 0.461 e. The van der Waals surface area contributed by atoms with Gasteiger partial charge in [-0.1, -0.05) is 0 Å². The number of esters is 1. The maximum atomic E-state index is 11.5. The van der Waals surface area contributed by atoms with Crippen LogP contribution in [0.5, 0.6) is 0 Å². The molecule has 0 aromatic heterocycles. The van der Waals surface area contributed by atoms with Crippen molar-refractivity contribution >= 4 is 11.9 Å². The van der Waals surface area contributed by atoms with Crippen molar-refractivity contribution in [3.8, 4) is 0 Å². The summed E-state index contributed by atoms with van der Waals surface area (Å²) in [6.07, 6.45) is 2.60. The van der Waals surface area contributed by atoms with Gasteiger partial charge in [0.05, 0.1) is 0 Å². The van der Waals surface area contributed by atoms with E-state index in [4.69, 9.17) is 4.74 Å². The van der Waals surface area contributed by atoms with E-state index in [0.717, 1.165) is 12.8 Å². The van der Waals surface area contributed by atoms with Crippen LogP contribution in [0.2, 0.25) is 0 Å². The quantitative estimate of drug-likeness (QED) is 0.552. The molecule has 72 valence electrons. The summed E-state index contributed by atoms with van der Waals surface area (Å²) in [5, 5.41) is 2.76. The molecule has 2 aliphatic rings. The van der Waals surface area contributed by atoms with Crippen LogP contribution in [-0.2, 0) is 14.3 Å². The Bertz CT molecular complexity index is 264. The predicted octanol–water partition coefficient (Wildman–Crippen LogP) is 0.361. The zero-order valence-electron chi connectivity index (χ0n) is 7.63. The number of ether oxygens (including phenoxy) is 1. The summed E-state index contributed by atoms with van der Waals surface area (Å²) in [7, 11) is 0. The highest BCUT2D eigenvalue weighted by molar-refractivity contribution is 5.90. The van der Waals surface area contributed by atoms with E-state index >= 15 is 0 Å². The van der Waals surface area contributed by atoms with E-state index in [-0.39, 0.29) is 18.0 Å². The molecule has 0 bridgehead atoms. The Hall–Kier alpha value is -1.06. The van der Waals surface area contributed by atoms with Crippen molar-refractivity contribution in [1.82, 2.24) is 5.32 Å². The Kier molecular flexibility index (Phi) is 1.78. The average molecular weight is 183 g/mol. The number of nitrogens with one attached hydrogen (secondary N) is 1. The zero-order valence-corrected chi connectivity index (χ0v) is 7.63. The number of cyclic esters (lactones) is 1. The van der Waals surface area contributed by atoms with Crippen LogP contribution in [-0.4, -0.2) is 23.5 Å². The maximum Gasteiger partial charge on any atom is 0.332 e. The second-order valence-electron chi connectivity index (χ2n) is 3.90. The van der Waals surface area contributed by atoms with Gasteiger partial charge in [0.1, 0.15) is 11.6 Å². The summed E-state index contributed by atoms with van der Waals surface area (Å²) in [5.74, 6) is -0.287. The molecule has 1 spiro atoms. The Morgan fingerprint density at radius 1 is 1.54 bits per heavy atom. The summed E-state index contributed by atoms with van der Waals surface area (Å²) in [5.41, 5.74) is -0.686. The van der Waals surface area contributed by atoms with Gasteiger partial charge in [-0.15, -0.1) is 0 Å². The number of carbonyl (C=O) groups excluding carboxylic acids is 2. The van der Waals surface area contributed by atoms with E-state index in [9.17, 15) is 9.59 Å². The molecule has 0 aliphatic carbocycles. The molecule has 0 saturated carbocycles. The first-order valence-corrected chi connectivity index (χ1v) is 4.64. The highest BCUT2D eigenvalue weighted by Gasteiger charge is 2.49. The van der Waals surface area contributed by atoms with Crippen LogP contribution >= 0.6 is 0 Å². The minimum Gasteiger partial charge on any atom is -0.461 e. The van der Waals surface area contributed by atoms with E-state index in [2.05, 4.69) is 5.32 Å². The zero-order chi connectivity index (χ0) is 9.47. The fraction of sp³-hybridized carbons (Fsp3) is 0.778. The molecule has 1 N–H and O–H groups in total. The van der Waals surface area contributed by atoms with Crippen molar-refractivity contribution in [3.63, 3.8) is 0 Å². The van der Waals surface area contributed by atoms with E-state index in [1.807, 2.05) is 6.92 Å². The number of rotatable bonds is 0. The molecule has 4 heteroatoms. The molecular weight excluding hydrogens is 170 g/mol. The Morgan fingerprint density at radius 3 is 2.85 bits per heavy atom. The lowest BCUT2D eigenvalue weighted by atomic mass is 9.86. The van der Waals surface area contributed by atoms with Crippen molar-refractivity contribution < 1.29 is 14.3 Å². The van der Waals surface area contributed by atoms with Crippen LogP contribution in [0.1, 0.15) is 32.6 Å². The Labute approximate surface area is 76.6 Å². The van der Waals surface area contributed by atoms with Crippen LogP contribution < -0.4 is 5.32 Å². The van der Waals surface area contributed by atoms with Crippen molar-refractivity contribution in [2.24, 2.45) is 0 Å². The molecule has 0 aromatic rings. The molecule has 1 amide bonds. The smallest absolute Gasteiger partial charge is 0.332 e. The number of amides is 1. The summed E-state index contributed by atoms with van der Waals surface area (Å²) in [4.78, 5) is 22.6. The molecule has 2 heterocycles. The van der Waals surface area contributed by atoms with Crippen molar-refractivity contribution in [2.75, 3.05) is 0 Å². The molecule has 2 aliphatic heterocycles. The summed E-state index contributed by atoms with van der Waals surface area (Å²) < 4.78 is 5.05. The van der Waals surface area contributed by atoms with E-state index in [1.54, 1.807) is 0 Å². The van der Waals surface area contributed by atoms with E-state index in [1.165, 1.54) is 0 Å². The van der Waals surface area contributed by atoms with Gasteiger partial charge in [0.15, 0.2) is 0 Å². The average Bonchev–Trinajstić information content (AvgIpc) is 2.26. The van der Waals surface area contributed by atoms with Crippen LogP contribution in [0.15, 0.2) is 0 Å². The molecule has 2 atom stereocenters. The lowest BCUT2D eigenvalue weighted by Crippen LogP contribution is -2.54. The minimum atomic E-state index is -0.686. The lowest BCUT2D eigenvalue weighted by molar-refractivity contribution is -0.149. The topological polar surface area (TPSA) is 55.4 Å². The third-order valence-electron chi connectivity index (χ3n) is 2.72. The van der Waals surface area contributed by atoms with Gasteiger partial charge in [-0.2, -0.15) is 0 Å². The normalized spacial score (nSPS) is 39.0. The maximum absolute atomic E-state index is 11.5. The van der Waals surface area contributed by atoms with Crippen molar-refractivity contribution in [2.45, 2.75) is 44.2 Å². The summed E-state index contributed by atoms with van der Waals surface area (Å²) in [6, 6.07) is 0. The Balaban J connectivity index is 2.19. The highest BCUT2D eigenvalue weighted by atomic mass is 16.6. The van der Waals surface area contributed by atoms with Gasteiger partial charge in [-0.3, -0.25) is 4.79 Å². The molecule has 4 nitrogen and oxygen atoms in total. The highest BCUT2D eigenvalue weighted by Crippen LogP contribution is 2.32. The summed E-state index contributed by atoms with van der Waals surface area (Å²) >= 11 is 0. The van der Waals surface area contributed by atoms with Gasteiger partial charge in [-0.05, 0) is 19.8 Å². The molecule has 13 heavy (non-hydrogen) atoms. The minimum absolute atomic E-state index is 0.0303. The predicted molar refractivity (Wildman–Crippen MR) is 44.9 cm³/mol. The number of piperidine rings is 1. The second kappa shape index (κ2) is 2.72. The molecule has 0 unspecified atom stereocenters. The molecule has 0 aromatic carbocycles. The summed E-state index contributed by atoms with van der Waals surface area (Å²) in [6.45, 7) is 1.85. The van der Waals surface area contributed by atoms with E-state index < -0.39 is 5.54 Å². The fourth-order valence-corrected chi connectivity index (χ4v) is 2.16. The number of hydrogen-bond acceptors (Lipinski definition) is 3. The first-order valence-electron chi connectivity index (χ1n) is 4.64. The first-order chi connectivity index (χ1) is 6.12. The second-order valence-corrected chi connectivity index (χ2v) is 3.90. The monoisotopic (exact) mass is 183 g/mol. The molecule has 0 radical (unpaired) electrons. The van der Waals surface area contributed by atoms with Gasteiger partial charge in [0.2, 0.25) is 5.91 Å². The third-order valence-corrected chi connectivity index (χ3v) is 2.72. The van der Waals surface area contributed by atoms with Gasteiger partial charge in [0.25, 0.3) is 0 Å². The molecule has 2 saturated heterocycles. The lowest BCUT2D eigenvalue weighted by Gasteiger charge is -2.30. The molecular formula is C9H13NO3. The van der Waals surface area contributed by atoms with Crippen molar-refractivity contribution in [3.05, 3.63) is 0 Å². The van der Waals surface area contributed by atoms with Crippen LogP contribution in [0.25, 0.3) is 0 Å². The van der Waals surface area contributed by atoms with Crippen LogP contribution in [0.3, 0.4) is 0 Å². The Morgan fingerprint density at radius 2 is 2.31 bits per heavy atom.